The first-order chi connectivity index (χ1) is 4.93. The molecular weight excluding hydrogens is 140 g/mol. The van der Waals surface area contributed by atoms with Gasteiger partial charge >= 0.3 is 6.03 Å². The molecule has 0 bridgehead atoms. The van der Waals surface area contributed by atoms with E-state index < -0.39 is 0 Å². The molecule has 3 heteroatoms. The third kappa shape index (κ3) is 1.47. The summed E-state index contributed by atoms with van der Waals surface area (Å²) < 4.78 is 0. The van der Waals surface area contributed by atoms with Crippen molar-refractivity contribution in [2.75, 3.05) is 6.54 Å². The normalized spacial score (nSPS) is 24.6. The van der Waals surface area contributed by atoms with E-state index in [1.807, 2.05) is 0 Å². The zero-order chi connectivity index (χ0) is 8.65. The van der Waals surface area contributed by atoms with Crippen LogP contribution in [0.5, 0.6) is 0 Å². The van der Waals surface area contributed by atoms with Crippen LogP contribution in [0, 0.1) is 5.41 Å². The van der Waals surface area contributed by atoms with E-state index >= 15 is 0 Å². The van der Waals surface area contributed by atoms with Gasteiger partial charge in [0.05, 0.1) is 0 Å². The molecule has 1 heterocycles. The lowest BCUT2D eigenvalue weighted by molar-refractivity contribution is 0.0481. The summed E-state index contributed by atoms with van der Waals surface area (Å²) in [5, 5.41) is 0. The Morgan fingerprint density at radius 2 is 2.09 bits per heavy atom. The van der Waals surface area contributed by atoms with E-state index in [1.165, 1.54) is 0 Å². The topological polar surface area (TPSA) is 46.3 Å². The summed E-state index contributed by atoms with van der Waals surface area (Å²) in [4.78, 5) is 12.5. The number of amides is 2. The largest absolute Gasteiger partial charge is 0.351 e. The summed E-state index contributed by atoms with van der Waals surface area (Å²) >= 11 is 0. The molecule has 2 amide bonds. The average Bonchev–Trinajstić information content (AvgIpc) is 1.51. The van der Waals surface area contributed by atoms with E-state index in [1.54, 1.807) is 4.90 Å². The summed E-state index contributed by atoms with van der Waals surface area (Å²) in [6.07, 6.45) is 1.09. The van der Waals surface area contributed by atoms with Gasteiger partial charge in [0.1, 0.15) is 0 Å². The van der Waals surface area contributed by atoms with Crippen molar-refractivity contribution in [3.8, 4) is 0 Å². The number of primary amides is 1. The minimum Gasteiger partial charge on any atom is -0.351 e. The second-order valence-corrected chi connectivity index (χ2v) is 4.20. The number of nitrogens with zero attached hydrogens (tertiary/aromatic N) is 1. The van der Waals surface area contributed by atoms with Gasteiger partial charge in [0, 0.05) is 12.6 Å². The van der Waals surface area contributed by atoms with Crippen molar-refractivity contribution in [2.24, 2.45) is 11.1 Å². The molecule has 1 saturated heterocycles. The zero-order valence-corrected chi connectivity index (χ0v) is 7.42. The maximum atomic E-state index is 10.8. The maximum Gasteiger partial charge on any atom is 0.315 e. The van der Waals surface area contributed by atoms with Gasteiger partial charge in [-0.15, -0.1) is 0 Å². The van der Waals surface area contributed by atoms with Crippen LogP contribution < -0.4 is 5.73 Å². The fraction of sp³-hybridized carbons (Fsp3) is 0.875. The highest BCUT2D eigenvalue weighted by Crippen LogP contribution is 2.33. The molecule has 0 radical (unpaired) electrons. The highest BCUT2D eigenvalue weighted by Gasteiger charge is 2.38. The van der Waals surface area contributed by atoms with Crippen LogP contribution in [0.3, 0.4) is 0 Å². The van der Waals surface area contributed by atoms with E-state index in [0.29, 0.717) is 6.04 Å². The third-order valence-corrected chi connectivity index (χ3v) is 2.30. The first-order valence-electron chi connectivity index (χ1n) is 3.99. The van der Waals surface area contributed by atoms with Gasteiger partial charge in [0.25, 0.3) is 0 Å². The lowest BCUT2D eigenvalue weighted by atomic mass is 9.79. The van der Waals surface area contributed by atoms with Crippen LogP contribution >= 0.6 is 0 Å². The fourth-order valence-electron chi connectivity index (χ4n) is 1.55. The van der Waals surface area contributed by atoms with Crippen LogP contribution in [0.1, 0.15) is 27.2 Å². The molecule has 0 spiro atoms. The predicted octanol–water partition coefficient (Wildman–Crippen LogP) is 1.19. The van der Waals surface area contributed by atoms with E-state index in [0.717, 1.165) is 13.0 Å². The SMILES string of the molecule is CC(C)(C)C1CCN1C(N)=O. The molecule has 0 aliphatic carbocycles. The van der Waals surface area contributed by atoms with Gasteiger partial charge in [-0.25, -0.2) is 4.79 Å². The Morgan fingerprint density at radius 1 is 1.55 bits per heavy atom. The molecule has 1 aliphatic rings. The van der Waals surface area contributed by atoms with Crippen molar-refractivity contribution < 1.29 is 4.79 Å². The van der Waals surface area contributed by atoms with Crippen molar-refractivity contribution >= 4 is 6.03 Å². The molecule has 0 aromatic carbocycles. The van der Waals surface area contributed by atoms with Gasteiger partial charge in [-0.3, -0.25) is 0 Å². The van der Waals surface area contributed by atoms with Gasteiger partial charge < -0.3 is 10.6 Å². The van der Waals surface area contributed by atoms with Crippen LogP contribution in [-0.4, -0.2) is 23.5 Å². The molecule has 1 unspecified atom stereocenters. The predicted molar refractivity (Wildman–Crippen MR) is 44.1 cm³/mol. The number of hydrogen-bond donors (Lipinski definition) is 1. The second-order valence-electron chi connectivity index (χ2n) is 4.20. The van der Waals surface area contributed by atoms with E-state index in [4.69, 9.17) is 5.73 Å². The highest BCUT2D eigenvalue weighted by atomic mass is 16.2. The van der Waals surface area contributed by atoms with Gasteiger partial charge in [0.2, 0.25) is 0 Å². The Labute approximate surface area is 67.5 Å². The minimum absolute atomic E-state index is 0.174. The maximum absolute atomic E-state index is 10.8. The Hall–Kier alpha value is -0.730. The van der Waals surface area contributed by atoms with Crippen molar-refractivity contribution in [3.63, 3.8) is 0 Å². The molecule has 3 nitrogen and oxygen atoms in total. The van der Waals surface area contributed by atoms with E-state index in [9.17, 15) is 4.79 Å². The second kappa shape index (κ2) is 2.40. The number of carbonyl (C=O) groups is 1. The van der Waals surface area contributed by atoms with Crippen LogP contribution in [0.25, 0.3) is 0 Å². The van der Waals surface area contributed by atoms with Crippen LogP contribution in [-0.2, 0) is 0 Å². The fourth-order valence-corrected chi connectivity index (χ4v) is 1.55. The number of urea groups is 1. The summed E-state index contributed by atoms with van der Waals surface area (Å²) in [5.74, 6) is 0. The number of nitrogens with two attached hydrogens (primary N) is 1. The zero-order valence-electron chi connectivity index (χ0n) is 7.42. The smallest absolute Gasteiger partial charge is 0.315 e. The molecule has 1 rings (SSSR count). The monoisotopic (exact) mass is 156 g/mol. The number of carbonyl (C=O) groups excluding carboxylic acids is 1. The molecular formula is C8H16N2O. The lowest BCUT2D eigenvalue weighted by Crippen LogP contribution is -2.58. The van der Waals surface area contributed by atoms with Crippen LogP contribution in [0.2, 0.25) is 0 Å². The molecule has 64 valence electrons. The number of hydrogen-bond acceptors (Lipinski definition) is 1. The highest BCUT2D eigenvalue weighted by molar-refractivity contribution is 5.73. The standard InChI is InChI=1S/C8H16N2O/c1-8(2,3)6-4-5-10(6)7(9)11/h6H,4-5H2,1-3H3,(H2,9,11). The molecule has 1 atom stereocenters. The molecule has 0 aromatic heterocycles. The Morgan fingerprint density at radius 3 is 2.18 bits per heavy atom. The first kappa shape index (κ1) is 8.37. The Bertz CT molecular complexity index is 171. The molecule has 0 aromatic rings. The quantitative estimate of drug-likeness (QED) is 0.562. The lowest BCUT2D eigenvalue weighted by Gasteiger charge is -2.47. The van der Waals surface area contributed by atoms with Gasteiger partial charge in [0.15, 0.2) is 0 Å². The molecule has 2 N–H and O–H groups in total. The first-order valence-corrected chi connectivity index (χ1v) is 3.99. The molecule has 1 fully saturated rings. The van der Waals surface area contributed by atoms with Crippen molar-refractivity contribution in [1.82, 2.24) is 4.90 Å². The van der Waals surface area contributed by atoms with Crippen molar-refractivity contribution in [2.45, 2.75) is 33.2 Å². The average molecular weight is 156 g/mol. The van der Waals surface area contributed by atoms with Gasteiger partial charge in [-0.1, -0.05) is 20.8 Å². The summed E-state index contributed by atoms with van der Waals surface area (Å²) in [7, 11) is 0. The van der Waals surface area contributed by atoms with Crippen molar-refractivity contribution in [1.29, 1.82) is 0 Å². The van der Waals surface area contributed by atoms with Crippen LogP contribution in [0.15, 0.2) is 0 Å². The van der Waals surface area contributed by atoms with Gasteiger partial charge in [-0.2, -0.15) is 0 Å². The molecule has 11 heavy (non-hydrogen) atoms. The summed E-state index contributed by atoms with van der Waals surface area (Å²) in [5.41, 5.74) is 5.35. The minimum atomic E-state index is -0.281. The van der Waals surface area contributed by atoms with Crippen LogP contribution in [0.4, 0.5) is 4.79 Å². The molecule has 0 saturated carbocycles. The third-order valence-electron chi connectivity index (χ3n) is 2.30. The molecule has 1 aliphatic heterocycles. The van der Waals surface area contributed by atoms with Crippen molar-refractivity contribution in [3.05, 3.63) is 0 Å². The number of likely N-dealkylation sites (tertiary alicyclic amines) is 1. The summed E-state index contributed by atoms with van der Waals surface area (Å²) in [6, 6.07) is 0.0659. The Balaban J connectivity index is 2.57. The Kier molecular flexibility index (Phi) is 1.82. The van der Waals surface area contributed by atoms with Gasteiger partial charge in [-0.05, 0) is 11.8 Å². The van der Waals surface area contributed by atoms with E-state index in [2.05, 4.69) is 20.8 Å². The number of rotatable bonds is 0. The summed E-state index contributed by atoms with van der Waals surface area (Å²) in [6.45, 7) is 7.23. The van der Waals surface area contributed by atoms with E-state index in [-0.39, 0.29) is 11.4 Å².